The van der Waals surface area contributed by atoms with E-state index < -0.39 is 0 Å². The number of thiophene rings is 1. The van der Waals surface area contributed by atoms with Crippen LogP contribution in [0, 0.1) is 0 Å². The maximum absolute atomic E-state index is 5.33. The Morgan fingerprint density at radius 3 is 1.49 bits per heavy atom. The summed E-state index contributed by atoms with van der Waals surface area (Å²) in [7, 11) is 0. The van der Waals surface area contributed by atoms with Crippen LogP contribution >= 0.6 is 11.3 Å². The molecule has 0 saturated heterocycles. The molecule has 3 heterocycles. The third-order valence-electron chi connectivity index (χ3n) is 9.53. The first-order chi connectivity index (χ1) is 25.3. The molecule has 0 aliphatic rings. The lowest BCUT2D eigenvalue weighted by Crippen LogP contribution is -2.00. The molecule has 0 spiro atoms. The summed E-state index contributed by atoms with van der Waals surface area (Å²) in [5.41, 5.74) is 8.16. The molecule has 10 rings (SSSR count). The van der Waals surface area contributed by atoms with Gasteiger partial charge in [0.2, 0.25) is 0 Å². The Labute approximate surface area is 298 Å². The lowest BCUT2D eigenvalue weighted by Gasteiger charge is -2.11. The lowest BCUT2D eigenvalue weighted by molar-refractivity contribution is 1.07. The first-order valence-electron chi connectivity index (χ1n) is 17.0. The van der Waals surface area contributed by atoms with Crippen LogP contribution in [0.15, 0.2) is 170 Å². The molecular weight excluding hydrogens is 641 g/mol. The molecule has 10 aromatic rings. The summed E-state index contributed by atoms with van der Waals surface area (Å²) in [6, 6.07) is 59.0. The number of hydrogen-bond donors (Lipinski definition) is 0. The van der Waals surface area contributed by atoms with Crippen LogP contribution in [0.25, 0.3) is 98.4 Å². The van der Waals surface area contributed by atoms with Crippen LogP contribution in [0.1, 0.15) is 0 Å². The maximum atomic E-state index is 5.33. The van der Waals surface area contributed by atoms with E-state index in [1.165, 1.54) is 41.9 Å². The number of nitrogens with zero attached hydrogens (tertiary/aromatic N) is 4. The van der Waals surface area contributed by atoms with Crippen LogP contribution in [0.4, 0.5) is 0 Å². The highest BCUT2D eigenvalue weighted by Crippen LogP contribution is 2.44. The van der Waals surface area contributed by atoms with Gasteiger partial charge in [-0.2, -0.15) is 0 Å². The topological polar surface area (TPSA) is 51.6 Å². The summed E-state index contributed by atoms with van der Waals surface area (Å²) < 4.78 is 2.45. The molecule has 0 fully saturated rings. The third kappa shape index (κ3) is 5.14. The van der Waals surface area contributed by atoms with Gasteiger partial charge >= 0.3 is 0 Å². The van der Waals surface area contributed by atoms with Gasteiger partial charge in [-0.3, -0.25) is 0 Å². The summed E-state index contributed by atoms with van der Waals surface area (Å²) in [6.07, 6.45) is 0. The van der Waals surface area contributed by atoms with Crippen molar-refractivity contribution in [1.82, 2.24) is 19.9 Å². The fourth-order valence-electron chi connectivity index (χ4n) is 7.01. The quantitative estimate of drug-likeness (QED) is 0.171. The number of benzene rings is 7. The van der Waals surface area contributed by atoms with Gasteiger partial charge in [0.05, 0.1) is 15.9 Å². The molecule has 0 bridgehead atoms. The second-order valence-electron chi connectivity index (χ2n) is 12.6. The molecule has 3 aromatic heterocycles. The molecule has 4 nitrogen and oxygen atoms in total. The largest absolute Gasteiger partial charge is 0.246 e. The average Bonchev–Trinajstić information content (AvgIpc) is 3.61. The van der Waals surface area contributed by atoms with Crippen molar-refractivity contribution < 1.29 is 0 Å². The van der Waals surface area contributed by atoms with Gasteiger partial charge in [-0.25, -0.2) is 19.9 Å². The number of rotatable bonds is 5. The molecule has 0 radical (unpaired) electrons. The smallest absolute Gasteiger partial charge is 0.164 e. The molecule has 5 heteroatoms. The van der Waals surface area contributed by atoms with Crippen molar-refractivity contribution >= 4 is 53.2 Å². The van der Waals surface area contributed by atoms with E-state index in [4.69, 9.17) is 19.9 Å². The van der Waals surface area contributed by atoms with E-state index in [9.17, 15) is 0 Å². The molecule has 7 aromatic carbocycles. The van der Waals surface area contributed by atoms with Gasteiger partial charge in [-0.05, 0) is 34.0 Å². The SMILES string of the molecule is c1ccc(-c2ccc(-c3nc(-c4ccccc4)nc(-c4ccc(-c5nc6ccc7ccccc7c6c6c5sc5ccccc56)cc4)n3)cc2)cc1. The van der Waals surface area contributed by atoms with Crippen molar-refractivity contribution in [3.8, 4) is 56.5 Å². The van der Waals surface area contributed by atoms with Crippen LogP contribution in [0.5, 0.6) is 0 Å². The summed E-state index contributed by atoms with van der Waals surface area (Å²) in [6.45, 7) is 0. The number of pyridine rings is 1. The maximum Gasteiger partial charge on any atom is 0.164 e. The minimum absolute atomic E-state index is 0.627. The van der Waals surface area contributed by atoms with Crippen molar-refractivity contribution in [2.24, 2.45) is 0 Å². The van der Waals surface area contributed by atoms with Gasteiger partial charge < -0.3 is 0 Å². The third-order valence-corrected chi connectivity index (χ3v) is 10.7. The normalized spacial score (nSPS) is 11.5. The highest BCUT2D eigenvalue weighted by Gasteiger charge is 2.18. The lowest BCUT2D eigenvalue weighted by atomic mass is 9.98. The predicted molar refractivity (Wildman–Crippen MR) is 213 cm³/mol. The van der Waals surface area contributed by atoms with E-state index in [1.807, 2.05) is 47.7 Å². The Morgan fingerprint density at radius 1 is 0.333 bits per heavy atom. The zero-order valence-electron chi connectivity index (χ0n) is 27.4. The molecule has 238 valence electrons. The summed E-state index contributed by atoms with van der Waals surface area (Å²) in [5.74, 6) is 1.91. The van der Waals surface area contributed by atoms with Gasteiger partial charge in [0.25, 0.3) is 0 Å². The van der Waals surface area contributed by atoms with Crippen LogP contribution in [-0.2, 0) is 0 Å². The second kappa shape index (κ2) is 12.1. The number of aromatic nitrogens is 4. The number of fused-ring (bicyclic) bond motifs is 7. The minimum atomic E-state index is 0.627. The van der Waals surface area contributed by atoms with Gasteiger partial charge in [0, 0.05) is 43.1 Å². The van der Waals surface area contributed by atoms with E-state index in [1.54, 1.807) is 0 Å². The van der Waals surface area contributed by atoms with E-state index in [2.05, 4.69) is 133 Å². The molecule has 0 saturated carbocycles. The predicted octanol–water partition coefficient (Wildman–Crippen LogP) is 12.3. The van der Waals surface area contributed by atoms with Crippen LogP contribution < -0.4 is 0 Å². The van der Waals surface area contributed by atoms with Gasteiger partial charge in [-0.1, -0.05) is 158 Å². The van der Waals surface area contributed by atoms with Crippen molar-refractivity contribution in [2.45, 2.75) is 0 Å². The fourth-order valence-corrected chi connectivity index (χ4v) is 8.23. The Bertz CT molecular complexity index is 2880. The first kappa shape index (κ1) is 29.4. The minimum Gasteiger partial charge on any atom is -0.246 e. The van der Waals surface area contributed by atoms with Crippen LogP contribution in [-0.4, -0.2) is 19.9 Å². The van der Waals surface area contributed by atoms with Gasteiger partial charge in [-0.15, -0.1) is 11.3 Å². The first-order valence-corrected chi connectivity index (χ1v) is 17.8. The molecular formula is C46H28N4S. The molecule has 0 atom stereocenters. The molecule has 0 aliphatic heterocycles. The zero-order chi connectivity index (χ0) is 33.7. The second-order valence-corrected chi connectivity index (χ2v) is 13.7. The van der Waals surface area contributed by atoms with Crippen LogP contribution in [0.2, 0.25) is 0 Å². The van der Waals surface area contributed by atoms with Crippen LogP contribution in [0.3, 0.4) is 0 Å². The molecule has 0 N–H and O–H groups in total. The van der Waals surface area contributed by atoms with Crippen molar-refractivity contribution in [2.75, 3.05) is 0 Å². The Kier molecular flexibility index (Phi) is 6.96. The molecule has 0 aliphatic carbocycles. The summed E-state index contributed by atoms with van der Waals surface area (Å²) in [4.78, 5) is 20.3. The van der Waals surface area contributed by atoms with Crippen molar-refractivity contribution in [1.29, 1.82) is 0 Å². The standard InChI is InChI=1S/C46H28N4S/c1-3-11-29(12-4-1)30-19-23-34(24-20-30)45-48-44(33-14-5-2-6-15-33)49-46(50-45)35-25-21-32(22-26-35)42-43-41(37-17-9-10-18-39(37)51-43)40-36-16-8-7-13-31(36)27-28-38(40)47-42/h1-28H. The summed E-state index contributed by atoms with van der Waals surface area (Å²) in [5, 5.41) is 6.20. The van der Waals surface area contributed by atoms with E-state index in [-0.39, 0.29) is 0 Å². The van der Waals surface area contributed by atoms with Crippen molar-refractivity contribution in [3.05, 3.63) is 170 Å². The monoisotopic (exact) mass is 668 g/mol. The number of hydrogen-bond acceptors (Lipinski definition) is 5. The molecule has 0 amide bonds. The molecule has 51 heavy (non-hydrogen) atoms. The zero-order valence-corrected chi connectivity index (χ0v) is 28.2. The van der Waals surface area contributed by atoms with E-state index in [0.29, 0.717) is 17.5 Å². The Balaban J connectivity index is 1.10. The summed E-state index contributed by atoms with van der Waals surface area (Å²) >= 11 is 1.81. The Morgan fingerprint density at radius 2 is 0.824 bits per heavy atom. The molecule has 0 unspecified atom stereocenters. The van der Waals surface area contributed by atoms with Gasteiger partial charge in [0.15, 0.2) is 17.5 Å². The van der Waals surface area contributed by atoms with E-state index >= 15 is 0 Å². The van der Waals surface area contributed by atoms with Gasteiger partial charge in [0.1, 0.15) is 0 Å². The fraction of sp³-hybridized carbons (Fsp3) is 0. The van der Waals surface area contributed by atoms with E-state index in [0.717, 1.165) is 39.0 Å². The van der Waals surface area contributed by atoms with Crippen molar-refractivity contribution in [3.63, 3.8) is 0 Å². The highest BCUT2D eigenvalue weighted by molar-refractivity contribution is 7.26. The Hall–Kier alpha value is -6.56. The highest BCUT2D eigenvalue weighted by atomic mass is 32.1. The average molecular weight is 669 g/mol.